The van der Waals surface area contributed by atoms with Gasteiger partial charge in [0.25, 0.3) is 0 Å². The first kappa shape index (κ1) is 16.2. The number of likely N-dealkylation sites (N-methyl/N-ethyl adjacent to an activating group) is 2. The van der Waals surface area contributed by atoms with Gasteiger partial charge in [-0.3, -0.25) is 4.90 Å². The van der Waals surface area contributed by atoms with Crippen molar-refractivity contribution in [2.24, 2.45) is 0 Å². The van der Waals surface area contributed by atoms with Crippen LogP contribution in [0.15, 0.2) is 24.3 Å². The van der Waals surface area contributed by atoms with Gasteiger partial charge in [-0.2, -0.15) is 0 Å². The van der Waals surface area contributed by atoms with Gasteiger partial charge in [0, 0.05) is 18.6 Å². The van der Waals surface area contributed by atoms with Crippen LogP contribution in [0.3, 0.4) is 0 Å². The molecule has 0 aromatic heterocycles. The van der Waals surface area contributed by atoms with Crippen molar-refractivity contribution < 1.29 is 0 Å². The lowest BCUT2D eigenvalue weighted by molar-refractivity contribution is 0.192. The van der Waals surface area contributed by atoms with Crippen LogP contribution in [0.1, 0.15) is 51.3 Å². The maximum absolute atomic E-state index is 3.64. The van der Waals surface area contributed by atoms with Gasteiger partial charge >= 0.3 is 0 Å². The van der Waals surface area contributed by atoms with Gasteiger partial charge in [-0.1, -0.05) is 45.0 Å². The number of benzene rings is 1. The molecule has 0 saturated heterocycles. The van der Waals surface area contributed by atoms with E-state index in [0.29, 0.717) is 12.1 Å². The first-order chi connectivity index (χ1) is 9.13. The normalized spacial score (nSPS) is 14.6. The molecule has 0 aliphatic heterocycles. The summed E-state index contributed by atoms with van der Waals surface area (Å²) < 4.78 is 0. The van der Waals surface area contributed by atoms with Gasteiger partial charge in [-0.25, -0.2) is 0 Å². The lowest BCUT2D eigenvalue weighted by atomic mass is 10.00. The third-order valence-corrected chi connectivity index (χ3v) is 4.05. The van der Waals surface area contributed by atoms with Crippen molar-refractivity contribution in [3.63, 3.8) is 0 Å². The van der Waals surface area contributed by atoms with Gasteiger partial charge < -0.3 is 5.32 Å². The minimum Gasteiger partial charge on any atom is -0.309 e. The molecule has 0 aliphatic rings. The zero-order valence-electron chi connectivity index (χ0n) is 13.2. The van der Waals surface area contributed by atoms with Crippen molar-refractivity contribution in [1.29, 1.82) is 0 Å². The smallest absolute Gasteiger partial charge is 0.0451 e. The summed E-state index contributed by atoms with van der Waals surface area (Å²) in [5.41, 5.74) is 2.82. The van der Waals surface area contributed by atoms with Crippen LogP contribution in [0.5, 0.6) is 0 Å². The van der Waals surface area contributed by atoms with Crippen molar-refractivity contribution in [1.82, 2.24) is 10.2 Å². The van der Waals surface area contributed by atoms with Gasteiger partial charge in [-0.15, -0.1) is 0 Å². The Bertz CT molecular complexity index is 362. The summed E-state index contributed by atoms with van der Waals surface area (Å²) in [4.78, 5) is 2.57. The highest BCUT2D eigenvalue weighted by Gasteiger charge is 2.18. The summed E-state index contributed by atoms with van der Waals surface area (Å²) in [6, 6.07) is 9.81. The van der Waals surface area contributed by atoms with Crippen molar-refractivity contribution >= 4 is 0 Å². The van der Waals surface area contributed by atoms with E-state index in [1.54, 1.807) is 0 Å². The summed E-state index contributed by atoms with van der Waals surface area (Å²) in [5, 5.41) is 3.64. The molecule has 1 rings (SSSR count). The second-order valence-electron chi connectivity index (χ2n) is 5.31. The van der Waals surface area contributed by atoms with Gasteiger partial charge in [-0.05, 0) is 44.5 Å². The quantitative estimate of drug-likeness (QED) is 0.767. The maximum atomic E-state index is 3.64. The first-order valence-corrected chi connectivity index (χ1v) is 7.66. The fraction of sp³-hybridized carbons (Fsp3) is 0.647. The predicted molar refractivity (Wildman–Crippen MR) is 84.6 cm³/mol. The highest BCUT2D eigenvalue weighted by atomic mass is 15.2. The van der Waals surface area contributed by atoms with Gasteiger partial charge in [0.15, 0.2) is 0 Å². The molecule has 0 amide bonds. The molecule has 0 spiro atoms. The Kier molecular flexibility index (Phi) is 7.11. The third kappa shape index (κ3) is 4.63. The van der Waals surface area contributed by atoms with E-state index in [4.69, 9.17) is 0 Å². The first-order valence-electron chi connectivity index (χ1n) is 7.66. The third-order valence-electron chi connectivity index (χ3n) is 4.05. The number of aryl methyl sites for hydroxylation is 1. The minimum absolute atomic E-state index is 0.431. The number of nitrogens with zero attached hydrogens (tertiary/aromatic N) is 1. The van der Waals surface area contributed by atoms with E-state index < -0.39 is 0 Å². The zero-order valence-corrected chi connectivity index (χ0v) is 13.2. The second kappa shape index (κ2) is 8.34. The van der Waals surface area contributed by atoms with E-state index in [-0.39, 0.29) is 0 Å². The molecular weight excluding hydrogens is 232 g/mol. The standard InChI is InChI=1S/C17H30N2/c1-6-15(5)19(8-3)13-17(18-7-2)16-12-10-9-11-14(16)4/h9-12,15,17-18H,6-8,13H2,1-5H3. The molecular formula is C17H30N2. The summed E-state index contributed by atoms with van der Waals surface area (Å²) in [7, 11) is 0. The summed E-state index contributed by atoms with van der Waals surface area (Å²) in [6.45, 7) is 14.5. The Morgan fingerprint density at radius 3 is 2.37 bits per heavy atom. The SMILES string of the molecule is CCNC(CN(CC)C(C)CC)c1ccccc1C. The molecule has 0 heterocycles. The zero-order chi connectivity index (χ0) is 14.3. The topological polar surface area (TPSA) is 15.3 Å². The number of hydrogen-bond acceptors (Lipinski definition) is 2. The molecule has 2 unspecified atom stereocenters. The Labute approximate surface area is 119 Å². The fourth-order valence-corrected chi connectivity index (χ4v) is 2.61. The molecule has 2 atom stereocenters. The summed E-state index contributed by atoms with van der Waals surface area (Å²) in [5.74, 6) is 0. The van der Waals surface area contributed by atoms with E-state index in [0.717, 1.165) is 19.6 Å². The Balaban J connectivity index is 2.86. The molecule has 19 heavy (non-hydrogen) atoms. The molecule has 0 aliphatic carbocycles. The van der Waals surface area contributed by atoms with E-state index >= 15 is 0 Å². The number of nitrogens with one attached hydrogen (secondary N) is 1. The van der Waals surface area contributed by atoms with Crippen molar-refractivity contribution in [2.45, 2.75) is 53.1 Å². The van der Waals surface area contributed by atoms with Gasteiger partial charge in [0.2, 0.25) is 0 Å². The van der Waals surface area contributed by atoms with Crippen LogP contribution in [-0.4, -0.2) is 30.6 Å². The molecule has 1 aromatic rings. The Hall–Kier alpha value is -0.860. The van der Waals surface area contributed by atoms with Crippen LogP contribution < -0.4 is 5.32 Å². The Morgan fingerprint density at radius 2 is 1.84 bits per heavy atom. The molecule has 2 heteroatoms. The van der Waals surface area contributed by atoms with Crippen molar-refractivity contribution in [3.8, 4) is 0 Å². The average molecular weight is 262 g/mol. The van der Waals surface area contributed by atoms with Crippen molar-refractivity contribution in [2.75, 3.05) is 19.6 Å². The number of hydrogen-bond donors (Lipinski definition) is 1. The molecule has 0 saturated carbocycles. The van der Waals surface area contributed by atoms with E-state index in [1.807, 2.05) is 0 Å². The van der Waals surface area contributed by atoms with Crippen LogP contribution in [0.2, 0.25) is 0 Å². The summed E-state index contributed by atoms with van der Waals surface area (Å²) in [6.07, 6.45) is 1.21. The fourth-order valence-electron chi connectivity index (χ4n) is 2.61. The van der Waals surface area contributed by atoms with Crippen molar-refractivity contribution in [3.05, 3.63) is 35.4 Å². The highest BCUT2D eigenvalue weighted by molar-refractivity contribution is 5.29. The van der Waals surface area contributed by atoms with Crippen LogP contribution in [0, 0.1) is 6.92 Å². The monoisotopic (exact) mass is 262 g/mol. The Morgan fingerprint density at radius 1 is 1.16 bits per heavy atom. The highest BCUT2D eigenvalue weighted by Crippen LogP contribution is 2.20. The van der Waals surface area contributed by atoms with Gasteiger partial charge in [0.05, 0.1) is 0 Å². The molecule has 2 nitrogen and oxygen atoms in total. The van der Waals surface area contributed by atoms with E-state index in [2.05, 4.69) is 69.1 Å². The largest absolute Gasteiger partial charge is 0.309 e. The van der Waals surface area contributed by atoms with E-state index in [9.17, 15) is 0 Å². The van der Waals surface area contributed by atoms with E-state index in [1.165, 1.54) is 17.5 Å². The average Bonchev–Trinajstić information content (AvgIpc) is 2.43. The minimum atomic E-state index is 0.431. The lowest BCUT2D eigenvalue weighted by Crippen LogP contribution is -2.40. The van der Waals surface area contributed by atoms with Crippen LogP contribution in [-0.2, 0) is 0 Å². The van der Waals surface area contributed by atoms with Crippen LogP contribution >= 0.6 is 0 Å². The molecule has 0 fully saturated rings. The lowest BCUT2D eigenvalue weighted by Gasteiger charge is -2.32. The summed E-state index contributed by atoms with van der Waals surface area (Å²) >= 11 is 0. The van der Waals surface area contributed by atoms with Crippen LogP contribution in [0.25, 0.3) is 0 Å². The molecule has 0 radical (unpaired) electrons. The molecule has 0 bridgehead atoms. The predicted octanol–water partition coefficient (Wildman–Crippen LogP) is 3.77. The second-order valence-corrected chi connectivity index (χ2v) is 5.31. The molecule has 1 N–H and O–H groups in total. The molecule has 1 aromatic carbocycles. The van der Waals surface area contributed by atoms with Crippen LogP contribution in [0.4, 0.5) is 0 Å². The molecule has 108 valence electrons. The van der Waals surface area contributed by atoms with Gasteiger partial charge in [0.1, 0.15) is 0 Å². The maximum Gasteiger partial charge on any atom is 0.0451 e. The number of rotatable bonds is 8.